The maximum Gasteiger partial charge on any atom is 0.410 e. The summed E-state index contributed by atoms with van der Waals surface area (Å²) in [6, 6.07) is 10.5. The first-order valence-electron chi connectivity index (χ1n) is 21.0. The molecule has 2 saturated heterocycles. The largest absolute Gasteiger partial charge is 0.444 e. The van der Waals surface area contributed by atoms with Gasteiger partial charge in [0, 0.05) is 69.6 Å². The number of piperidine rings is 2. The van der Waals surface area contributed by atoms with Crippen molar-refractivity contribution in [3.63, 3.8) is 0 Å². The van der Waals surface area contributed by atoms with Crippen LogP contribution in [0.1, 0.15) is 122 Å². The van der Waals surface area contributed by atoms with Gasteiger partial charge >= 0.3 is 12.2 Å². The summed E-state index contributed by atoms with van der Waals surface area (Å²) < 4.78 is 44.0. The number of H-pyrrole nitrogens is 1. The summed E-state index contributed by atoms with van der Waals surface area (Å²) in [5.41, 5.74) is 2.50. The van der Waals surface area contributed by atoms with Crippen LogP contribution in [0.5, 0.6) is 0 Å². The van der Waals surface area contributed by atoms with E-state index in [0.29, 0.717) is 43.7 Å². The number of rotatable bonds is 9. The first-order chi connectivity index (χ1) is 27.7. The van der Waals surface area contributed by atoms with Gasteiger partial charge in [-0.25, -0.2) is 9.59 Å². The number of hydrogen-bond donors (Lipinski definition) is 1. The van der Waals surface area contributed by atoms with Gasteiger partial charge in [-0.05, 0) is 130 Å². The monoisotopic (exact) mass is 858 g/mol. The molecule has 14 nitrogen and oxygen atoms in total. The topological polar surface area (TPSA) is 158 Å². The minimum atomic E-state index is -3.74. The lowest BCUT2D eigenvalue weighted by Gasteiger charge is -2.33. The van der Waals surface area contributed by atoms with Gasteiger partial charge in [-0.1, -0.05) is 17.7 Å². The summed E-state index contributed by atoms with van der Waals surface area (Å²) in [6.07, 6.45) is 8.08. The molecule has 0 radical (unpaired) electrons. The van der Waals surface area contributed by atoms with Crippen LogP contribution >= 0.6 is 11.8 Å². The molecular weight excluding hydrogens is 793 g/mol. The normalized spacial score (nSPS) is 18.1. The van der Waals surface area contributed by atoms with Crippen molar-refractivity contribution < 1.29 is 31.7 Å². The van der Waals surface area contributed by atoms with E-state index in [4.69, 9.17) is 13.7 Å². The number of hydrogen-bond acceptors (Lipinski definition) is 10. The highest BCUT2D eigenvalue weighted by Gasteiger charge is 2.31. The molecule has 2 amide bonds. The summed E-state index contributed by atoms with van der Waals surface area (Å²) >= 11 is 1.90. The number of carbonyl (C=O) groups excluding carboxylic acids is 2. The van der Waals surface area contributed by atoms with E-state index in [-0.39, 0.29) is 35.2 Å². The molecule has 4 heterocycles. The van der Waals surface area contributed by atoms with E-state index in [1.807, 2.05) is 76.9 Å². The number of thioether (sulfide) groups is 1. The highest BCUT2D eigenvalue weighted by molar-refractivity contribution is 7.99. The maximum atomic E-state index is 12.2. The number of aromatic amines is 1. The molecule has 0 spiro atoms. The lowest BCUT2D eigenvalue weighted by atomic mass is 9.98. The van der Waals surface area contributed by atoms with E-state index < -0.39 is 21.3 Å². The van der Waals surface area contributed by atoms with Gasteiger partial charge in [-0.2, -0.15) is 13.5 Å². The SMILES string of the molecule is Cc1ccc(S(=O)(=O)OCC2CCN(C(=O)OC(C)(C)C)CC2)cc1.Cn1[nH]c(C2CC2)cc1=O.Cn1nc(C2CC2)cc1SCC1CCN(C(=O)OC(C)(C)C)CC1. The van der Waals surface area contributed by atoms with Crippen molar-refractivity contribution in [1.82, 2.24) is 29.4 Å². The molecule has 2 aromatic heterocycles. The second-order valence-corrected chi connectivity index (χ2v) is 21.0. The smallest absolute Gasteiger partial charge is 0.410 e. The summed E-state index contributed by atoms with van der Waals surface area (Å²) in [5, 5.41) is 8.91. The summed E-state index contributed by atoms with van der Waals surface area (Å²) in [7, 11) is 0.0497. The van der Waals surface area contributed by atoms with E-state index in [0.717, 1.165) is 42.9 Å². The van der Waals surface area contributed by atoms with E-state index in [1.165, 1.54) is 41.1 Å². The van der Waals surface area contributed by atoms with Gasteiger partial charge in [0.05, 0.1) is 22.2 Å². The molecule has 0 atom stereocenters. The number of carbonyl (C=O) groups is 2. The van der Waals surface area contributed by atoms with Crippen molar-refractivity contribution in [2.24, 2.45) is 25.9 Å². The first kappa shape index (κ1) is 46.3. The molecule has 0 unspecified atom stereocenters. The Bertz CT molecular complexity index is 2000. The number of aryl methyl sites for hydroxylation is 3. The maximum absolute atomic E-state index is 12.2. The number of aromatic nitrogens is 4. The Morgan fingerprint density at radius 3 is 1.75 bits per heavy atom. The summed E-state index contributed by atoms with van der Waals surface area (Å²) in [5.74, 6) is 3.23. The fourth-order valence-electron chi connectivity index (χ4n) is 6.68. The number of likely N-dealkylation sites (tertiary alicyclic amines) is 2. The summed E-state index contributed by atoms with van der Waals surface area (Å²) in [4.78, 5) is 38.7. The van der Waals surface area contributed by atoms with Gasteiger partial charge in [0.1, 0.15) is 11.2 Å². The van der Waals surface area contributed by atoms with Gasteiger partial charge in [0.2, 0.25) is 0 Å². The van der Waals surface area contributed by atoms with Crippen molar-refractivity contribution in [2.75, 3.05) is 38.5 Å². The lowest BCUT2D eigenvalue weighted by Crippen LogP contribution is -2.42. The van der Waals surface area contributed by atoms with E-state index in [9.17, 15) is 22.8 Å². The van der Waals surface area contributed by atoms with Crippen LogP contribution in [0.3, 0.4) is 0 Å². The minimum Gasteiger partial charge on any atom is -0.444 e. The Kier molecular flexibility index (Phi) is 15.5. The van der Waals surface area contributed by atoms with Crippen molar-refractivity contribution >= 4 is 34.1 Å². The van der Waals surface area contributed by atoms with Crippen LogP contribution in [-0.4, -0.2) is 99.7 Å². The van der Waals surface area contributed by atoms with E-state index in [2.05, 4.69) is 16.3 Å². The van der Waals surface area contributed by atoms with Crippen LogP contribution in [0.15, 0.2) is 51.1 Å². The molecule has 2 saturated carbocycles. The number of nitrogens with zero attached hydrogens (tertiary/aromatic N) is 5. The van der Waals surface area contributed by atoms with Crippen LogP contribution in [0.4, 0.5) is 9.59 Å². The van der Waals surface area contributed by atoms with E-state index >= 15 is 0 Å². The Morgan fingerprint density at radius 2 is 1.29 bits per heavy atom. The highest BCUT2D eigenvalue weighted by atomic mass is 32.2. The zero-order valence-corrected chi connectivity index (χ0v) is 38.1. The molecule has 0 bridgehead atoms. The van der Waals surface area contributed by atoms with E-state index in [1.54, 1.807) is 42.3 Å². The molecule has 7 rings (SSSR count). The molecule has 16 heteroatoms. The van der Waals surface area contributed by atoms with Crippen LogP contribution in [0, 0.1) is 18.8 Å². The second kappa shape index (κ2) is 19.7. The number of benzene rings is 1. The van der Waals surface area contributed by atoms with Crippen LogP contribution in [0.2, 0.25) is 0 Å². The third kappa shape index (κ3) is 15.0. The quantitative estimate of drug-likeness (QED) is 0.165. The minimum absolute atomic E-state index is 0.0712. The molecule has 2 aliphatic carbocycles. The summed E-state index contributed by atoms with van der Waals surface area (Å²) in [6.45, 7) is 16.0. The Balaban J connectivity index is 0.000000182. The third-order valence-electron chi connectivity index (χ3n) is 10.5. The standard InChI is InChI=1S/C18H29N3O2S.C18H27NO5S.C7H10N2O/c1-18(2,3)23-17(22)21-9-7-13(8-10-21)12-24-16-11-15(14-5-6-14)19-20(16)4;1-14-5-7-16(8-6-14)25(21,22)23-13-15-9-11-19(12-10-15)17(20)24-18(2,3)4;1-9-7(10)4-6(8-9)5-2-3-5/h11,13-14H,5-10,12H2,1-4H3;5-8,15H,9-13H2,1-4H3;4-5,8H,2-3H2,1H3. The highest BCUT2D eigenvalue weighted by Crippen LogP contribution is 2.41. The molecule has 1 N–H and O–H groups in total. The molecule has 4 fully saturated rings. The fourth-order valence-corrected chi connectivity index (χ4v) is 8.83. The molecule has 1 aromatic carbocycles. The zero-order chi connectivity index (χ0) is 43.1. The predicted molar refractivity (Wildman–Crippen MR) is 229 cm³/mol. The van der Waals surface area contributed by atoms with Gasteiger partial charge in [0.25, 0.3) is 15.7 Å². The third-order valence-corrected chi connectivity index (χ3v) is 13.2. The van der Waals surface area contributed by atoms with Crippen LogP contribution in [0.25, 0.3) is 0 Å². The van der Waals surface area contributed by atoms with Crippen LogP contribution in [-0.2, 0) is 37.9 Å². The van der Waals surface area contributed by atoms with Gasteiger partial charge in [-0.15, -0.1) is 11.8 Å². The van der Waals surface area contributed by atoms with Gasteiger partial charge in [-0.3, -0.25) is 23.4 Å². The molecule has 328 valence electrons. The van der Waals surface area contributed by atoms with Crippen molar-refractivity contribution in [1.29, 1.82) is 0 Å². The van der Waals surface area contributed by atoms with Crippen molar-refractivity contribution in [3.8, 4) is 0 Å². The predicted octanol–water partition coefficient (Wildman–Crippen LogP) is 7.97. The fraction of sp³-hybridized carbons (Fsp3) is 0.674. The number of amides is 2. The number of nitrogens with one attached hydrogen (secondary N) is 1. The molecule has 2 aliphatic heterocycles. The Labute approximate surface area is 354 Å². The van der Waals surface area contributed by atoms with Gasteiger partial charge in [0.15, 0.2) is 0 Å². The molecule has 3 aromatic rings. The average molecular weight is 859 g/mol. The average Bonchev–Trinajstić information content (AvgIpc) is 4.11. The second-order valence-electron chi connectivity index (χ2n) is 18.4. The zero-order valence-electron chi connectivity index (χ0n) is 36.5. The van der Waals surface area contributed by atoms with Crippen LogP contribution < -0.4 is 5.56 Å². The lowest BCUT2D eigenvalue weighted by molar-refractivity contribution is 0.0162. The van der Waals surface area contributed by atoms with Gasteiger partial charge < -0.3 is 19.3 Å². The van der Waals surface area contributed by atoms with Crippen molar-refractivity contribution in [2.45, 2.75) is 133 Å². The number of ether oxygens (including phenoxy) is 2. The molecular formula is C43H66N6O8S2. The first-order valence-corrected chi connectivity index (χ1v) is 23.4. The Hall–Kier alpha value is -3.76. The molecule has 4 aliphatic rings. The Morgan fingerprint density at radius 1 is 0.780 bits per heavy atom. The van der Waals surface area contributed by atoms with Crippen molar-refractivity contribution in [3.05, 3.63) is 63.7 Å². The molecule has 59 heavy (non-hydrogen) atoms.